The third kappa shape index (κ3) is 11.2. The number of nitrogens with zero attached hydrogens (tertiary/aromatic N) is 4. The smallest absolute Gasteiger partial charge is 0.223 e. The fourth-order valence-corrected chi connectivity index (χ4v) is 5.49. The van der Waals surface area contributed by atoms with Crippen LogP contribution in [0.4, 0.5) is 0 Å². The van der Waals surface area contributed by atoms with Crippen molar-refractivity contribution in [2.75, 3.05) is 46.2 Å². The van der Waals surface area contributed by atoms with E-state index in [1.807, 2.05) is 42.3 Å². The molecule has 1 heterocycles. The Hall–Kier alpha value is -3.01. The molecule has 0 aliphatic heterocycles. The third-order valence-corrected chi connectivity index (χ3v) is 9.36. The van der Waals surface area contributed by atoms with Gasteiger partial charge in [-0.1, -0.05) is 76.2 Å². The number of aromatic nitrogens is 2. The Morgan fingerprint density at radius 2 is 1.55 bits per heavy atom. The molecule has 0 saturated heterocycles. The summed E-state index contributed by atoms with van der Waals surface area (Å²) >= 11 is 3.65. The van der Waals surface area contributed by atoms with Crippen molar-refractivity contribution in [3.8, 4) is 22.4 Å². The van der Waals surface area contributed by atoms with E-state index in [0.29, 0.717) is 35.9 Å². The Morgan fingerprint density at radius 1 is 0.955 bits per heavy atom. The van der Waals surface area contributed by atoms with Gasteiger partial charge in [-0.3, -0.25) is 9.79 Å². The number of rotatable bonds is 17. The molecule has 1 aromatic heterocycles. The summed E-state index contributed by atoms with van der Waals surface area (Å²) in [6.07, 6.45) is 10.5. The van der Waals surface area contributed by atoms with Gasteiger partial charge in [0.2, 0.25) is 5.91 Å². The number of hydrogen-bond acceptors (Lipinski definition) is 7. The minimum atomic E-state index is 0.180. The molecule has 44 heavy (non-hydrogen) atoms. The van der Waals surface area contributed by atoms with Crippen molar-refractivity contribution in [3.05, 3.63) is 72.3 Å². The Balaban J connectivity index is 1.65. The second-order valence-electron chi connectivity index (χ2n) is 11.7. The molecular formula is C35H50N6OS2. The lowest BCUT2D eigenvalue weighted by Crippen LogP contribution is -2.36. The van der Waals surface area contributed by atoms with Gasteiger partial charge in [-0.2, -0.15) is 23.5 Å². The topological polar surface area (TPSA) is 76.6 Å². The number of amides is 1. The molecule has 0 spiro atoms. The summed E-state index contributed by atoms with van der Waals surface area (Å²) in [5, 5.41) is 4.25. The Kier molecular flexibility index (Phi) is 14.6. The summed E-state index contributed by atoms with van der Waals surface area (Å²) in [4.78, 5) is 29.7. The average molecular weight is 635 g/mol. The molecule has 7 nitrogen and oxygen atoms in total. The number of nitrogens with one attached hydrogen (secondary N) is 2. The molecule has 0 fully saturated rings. The maximum Gasteiger partial charge on any atom is 0.223 e. The lowest BCUT2D eigenvalue weighted by Gasteiger charge is -2.25. The van der Waals surface area contributed by atoms with E-state index in [-0.39, 0.29) is 5.91 Å². The van der Waals surface area contributed by atoms with Gasteiger partial charge in [0.15, 0.2) is 0 Å². The van der Waals surface area contributed by atoms with E-state index < -0.39 is 0 Å². The first kappa shape index (κ1) is 35.5. The number of benzene rings is 2. The van der Waals surface area contributed by atoms with Crippen molar-refractivity contribution in [2.24, 2.45) is 10.9 Å². The summed E-state index contributed by atoms with van der Waals surface area (Å²) in [6, 6.07) is 17.0. The highest BCUT2D eigenvalue weighted by atomic mass is 32.2. The second kappa shape index (κ2) is 18.1. The van der Waals surface area contributed by atoms with Crippen molar-refractivity contribution < 1.29 is 4.79 Å². The summed E-state index contributed by atoms with van der Waals surface area (Å²) in [5.74, 6) is 1.31. The maximum atomic E-state index is 12.9. The normalized spacial score (nSPS) is 13.5. The maximum absolute atomic E-state index is 12.9. The quantitative estimate of drug-likeness (QED) is 0.154. The van der Waals surface area contributed by atoms with Crippen molar-refractivity contribution in [1.29, 1.82) is 0 Å². The van der Waals surface area contributed by atoms with Crippen molar-refractivity contribution >= 4 is 41.3 Å². The fourth-order valence-electron chi connectivity index (χ4n) is 4.76. The molecule has 3 rings (SSSR count). The molecule has 0 bridgehead atoms. The number of carbonyl (C=O) groups is 1. The van der Waals surface area contributed by atoms with E-state index in [0.717, 1.165) is 52.6 Å². The van der Waals surface area contributed by atoms with Gasteiger partial charge in [0.1, 0.15) is 5.82 Å². The van der Waals surface area contributed by atoms with E-state index in [9.17, 15) is 4.79 Å². The minimum Gasteiger partial charge on any atom is -0.386 e. The largest absolute Gasteiger partial charge is 0.386 e. The number of aliphatic imine (C=N–C) groups is 1. The SMILES string of the molecule is CN/C(=C\N=CCN(C)CC(C)SC)c1ccc(-c2ccc(-c3cnc(CN(CC(C)SC)C(=O)CC(C)C)[nH]3)cc2)cc1. The van der Waals surface area contributed by atoms with Gasteiger partial charge in [0.05, 0.1) is 30.3 Å². The first-order valence-electron chi connectivity index (χ1n) is 15.3. The van der Waals surface area contributed by atoms with Crippen LogP contribution in [0.2, 0.25) is 0 Å². The van der Waals surface area contributed by atoms with Crippen LogP contribution < -0.4 is 5.32 Å². The van der Waals surface area contributed by atoms with Crippen LogP contribution in [-0.4, -0.2) is 88.6 Å². The molecule has 0 saturated carbocycles. The molecule has 0 radical (unpaired) electrons. The van der Waals surface area contributed by atoms with Gasteiger partial charge in [0.25, 0.3) is 0 Å². The molecule has 1 amide bonds. The first-order valence-corrected chi connectivity index (χ1v) is 17.9. The molecular weight excluding hydrogens is 585 g/mol. The highest BCUT2D eigenvalue weighted by Gasteiger charge is 2.19. The Morgan fingerprint density at radius 3 is 2.14 bits per heavy atom. The summed E-state index contributed by atoms with van der Waals surface area (Å²) in [6.45, 7) is 11.6. The average Bonchev–Trinajstić information content (AvgIpc) is 3.49. The summed E-state index contributed by atoms with van der Waals surface area (Å²) < 4.78 is 0. The Labute approximate surface area is 273 Å². The molecule has 3 aromatic rings. The molecule has 2 N–H and O–H groups in total. The molecule has 9 heteroatoms. The van der Waals surface area contributed by atoms with E-state index in [4.69, 9.17) is 0 Å². The van der Waals surface area contributed by atoms with Gasteiger partial charge < -0.3 is 20.1 Å². The van der Waals surface area contributed by atoms with Gasteiger partial charge in [-0.25, -0.2) is 4.98 Å². The minimum absolute atomic E-state index is 0.180. The standard InChI is InChI=1S/C35H50N6OS2/c1-25(2)19-35(42)41(23-27(4)44-8)24-34-38-21-33(39-34)31-15-11-29(12-16-31)28-9-13-30(14-10-28)32(36-5)20-37-17-18-40(6)22-26(3)43-7/h9-17,20-21,25-27,36H,18-19,22-24H2,1-8H3,(H,38,39)/b32-20-,37-17?. The van der Waals surface area contributed by atoms with Crippen molar-refractivity contribution in [1.82, 2.24) is 25.1 Å². The predicted molar refractivity (Wildman–Crippen MR) is 193 cm³/mol. The lowest BCUT2D eigenvalue weighted by molar-refractivity contribution is -0.132. The van der Waals surface area contributed by atoms with Crippen LogP contribution in [0.25, 0.3) is 28.1 Å². The highest BCUT2D eigenvalue weighted by Crippen LogP contribution is 2.26. The first-order chi connectivity index (χ1) is 21.1. The van der Waals surface area contributed by atoms with E-state index in [1.165, 1.54) is 0 Å². The summed E-state index contributed by atoms with van der Waals surface area (Å²) in [5.41, 5.74) is 6.38. The van der Waals surface area contributed by atoms with Crippen LogP contribution in [0.3, 0.4) is 0 Å². The number of aromatic amines is 1. The van der Waals surface area contributed by atoms with Gasteiger partial charge in [-0.15, -0.1) is 0 Å². The fraction of sp³-hybridized carbons (Fsp3) is 0.457. The number of thioether (sulfide) groups is 2. The van der Waals surface area contributed by atoms with E-state index in [2.05, 4.69) is 121 Å². The second-order valence-corrected chi connectivity index (χ2v) is 14.3. The zero-order valence-electron chi connectivity index (χ0n) is 27.6. The zero-order chi connectivity index (χ0) is 32.1. The summed E-state index contributed by atoms with van der Waals surface area (Å²) in [7, 11) is 4.05. The van der Waals surface area contributed by atoms with Gasteiger partial charge >= 0.3 is 0 Å². The Bertz CT molecular complexity index is 1350. The third-order valence-electron chi connectivity index (χ3n) is 7.45. The van der Waals surface area contributed by atoms with Crippen LogP contribution in [0.5, 0.6) is 0 Å². The highest BCUT2D eigenvalue weighted by molar-refractivity contribution is 7.99. The van der Waals surface area contributed by atoms with E-state index in [1.54, 1.807) is 11.8 Å². The number of hydrogen-bond donors (Lipinski definition) is 2. The molecule has 2 aromatic carbocycles. The predicted octanol–water partition coefficient (Wildman–Crippen LogP) is 7.14. The molecule has 238 valence electrons. The van der Waals surface area contributed by atoms with Crippen molar-refractivity contribution in [3.63, 3.8) is 0 Å². The monoisotopic (exact) mass is 634 g/mol. The zero-order valence-corrected chi connectivity index (χ0v) is 29.3. The van der Waals surface area contributed by atoms with Gasteiger partial charge in [-0.05, 0) is 47.7 Å². The molecule has 2 unspecified atom stereocenters. The van der Waals surface area contributed by atoms with Crippen LogP contribution in [0.15, 0.2) is 65.9 Å². The molecule has 2 atom stereocenters. The number of carbonyl (C=O) groups excluding carboxylic acids is 1. The number of imidazole rings is 1. The van der Waals surface area contributed by atoms with Crippen LogP contribution in [0, 0.1) is 5.92 Å². The van der Waals surface area contributed by atoms with Crippen LogP contribution in [0.1, 0.15) is 45.5 Å². The van der Waals surface area contributed by atoms with Crippen molar-refractivity contribution in [2.45, 2.75) is 51.2 Å². The van der Waals surface area contributed by atoms with E-state index >= 15 is 0 Å². The van der Waals surface area contributed by atoms with Gasteiger partial charge in [0, 0.05) is 49.8 Å². The molecule has 0 aliphatic rings. The van der Waals surface area contributed by atoms with Crippen LogP contribution in [-0.2, 0) is 11.3 Å². The lowest BCUT2D eigenvalue weighted by atomic mass is 10.0. The molecule has 0 aliphatic carbocycles. The van der Waals surface area contributed by atoms with Crippen LogP contribution >= 0.6 is 23.5 Å². The number of H-pyrrole nitrogens is 1.